The zero-order chi connectivity index (χ0) is 30.6. The number of benzene rings is 1. The number of nitrogens with zero attached hydrogens (tertiary/aromatic N) is 1. The van der Waals surface area contributed by atoms with Crippen molar-refractivity contribution in [1.29, 1.82) is 0 Å². The Kier molecular flexibility index (Phi) is 14.0. The number of carbonyl (C=O) groups is 4. The summed E-state index contributed by atoms with van der Waals surface area (Å²) < 4.78 is 5.34. The third-order valence-corrected chi connectivity index (χ3v) is 6.43. The molecule has 0 heterocycles. The molecule has 0 radical (unpaired) electrons. The summed E-state index contributed by atoms with van der Waals surface area (Å²) in [5.41, 5.74) is 5.69. The molecule has 10 nitrogen and oxygen atoms in total. The van der Waals surface area contributed by atoms with Crippen LogP contribution in [0.4, 0.5) is 4.79 Å². The zero-order valence-corrected chi connectivity index (χ0v) is 25.5. The molecule has 4 amide bonds. The average Bonchev–Trinajstić information content (AvgIpc) is 2.83. The summed E-state index contributed by atoms with van der Waals surface area (Å²) in [5, 5.41) is 15.6. The third kappa shape index (κ3) is 11.8. The minimum absolute atomic E-state index is 0.0646. The summed E-state index contributed by atoms with van der Waals surface area (Å²) in [6.45, 7) is 15.3. The molecule has 0 saturated heterocycles. The van der Waals surface area contributed by atoms with Crippen LogP contribution in [0.15, 0.2) is 18.2 Å². The van der Waals surface area contributed by atoms with Crippen LogP contribution in [0.3, 0.4) is 0 Å². The Bertz CT molecular complexity index is 1000. The van der Waals surface area contributed by atoms with Crippen molar-refractivity contribution in [3.63, 3.8) is 0 Å². The van der Waals surface area contributed by atoms with Gasteiger partial charge in [-0.05, 0) is 83.1 Å². The van der Waals surface area contributed by atoms with Gasteiger partial charge in [0.15, 0.2) is 0 Å². The molecule has 226 valence electrons. The molecule has 0 aliphatic heterocycles. The highest BCUT2D eigenvalue weighted by atomic mass is 16.6. The van der Waals surface area contributed by atoms with Crippen molar-refractivity contribution in [2.45, 2.75) is 118 Å². The number of amides is 4. The summed E-state index contributed by atoms with van der Waals surface area (Å²) in [7, 11) is 0. The van der Waals surface area contributed by atoms with E-state index in [1.807, 2.05) is 6.92 Å². The number of alkyl carbamates (subject to hydrolysis) is 1. The first-order chi connectivity index (χ1) is 18.6. The van der Waals surface area contributed by atoms with E-state index in [9.17, 15) is 24.3 Å². The largest absolute Gasteiger partial charge is 0.508 e. The van der Waals surface area contributed by atoms with Crippen molar-refractivity contribution in [3.05, 3.63) is 29.3 Å². The second-order valence-electron chi connectivity index (χ2n) is 11.9. The maximum Gasteiger partial charge on any atom is 0.408 e. The fraction of sp³-hybridized carbons (Fsp3) is 0.667. The molecule has 0 aromatic heterocycles. The Morgan fingerprint density at radius 3 is 2.25 bits per heavy atom. The minimum atomic E-state index is -1.34. The number of hydrogen-bond donors (Lipinski definition) is 4. The Balaban J connectivity index is 3.63. The molecule has 1 aromatic rings. The molecule has 40 heavy (non-hydrogen) atoms. The van der Waals surface area contributed by atoms with E-state index in [1.54, 1.807) is 39.8 Å². The Morgan fingerprint density at radius 2 is 1.73 bits per heavy atom. The van der Waals surface area contributed by atoms with E-state index in [4.69, 9.17) is 10.5 Å². The highest BCUT2D eigenvalue weighted by Gasteiger charge is 2.39. The number of hydrogen-bond acceptors (Lipinski definition) is 6. The first-order valence-electron chi connectivity index (χ1n) is 14.2. The van der Waals surface area contributed by atoms with Gasteiger partial charge in [-0.1, -0.05) is 39.7 Å². The smallest absolute Gasteiger partial charge is 0.408 e. The Labute approximate surface area is 239 Å². The monoisotopic (exact) mass is 562 g/mol. The van der Waals surface area contributed by atoms with Crippen LogP contribution in [0, 0.1) is 12.8 Å². The van der Waals surface area contributed by atoms with Crippen LogP contribution in [-0.2, 0) is 19.1 Å². The van der Waals surface area contributed by atoms with Gasteiger partial charge >= 0.3 is 6.09 Å². The molecule has 0 aliphatic rings. The molecular formula is C30H50N4O6. The predicted molar refractivity (Wildman–Crippen MR) is 155 cm³/mol. The predicted octanol–water partition coefficient (Wildman–Crippen LogP) is 4.47. The molecule has 1 aromatic carbocycles. The van der Waals surface area contributed by atoms with Gasteiger partial charge in [0, 0.05) is 12.6 Å². The quantitative estimate of drug-likeness (QED) is 0.232. The van der Waals surface area contributed by atoms with Crippen LogP contribution in [0.5, 0.6) is 5.75 Å². The van der Waals surface area contributed by atoms with Crippen molar-refractivity contribution in [1.82, 2.24) is 15.5 Å². The van der Waals surface area contributed by atoms with Crippen molar-refractivity contribution in [2.75, 3.05) is 6.54 Å². The van der Waals surface area contributed by atoms with E-state index in [0.717, 1.165) is 25.7 Å². The van der Waals surface area contributed by atoms with Gasteiger partial charge in [-0.15, -0.1) is 0 Å². The van der Waals surface area contributed by atoms with Gasteiger partial charge in [0.2, 0.25) is 17.7 Å². The standard InChI is InChI=1S/C30H50N4O6/c1-9-10-11-16-32-27(37)26(22-14-15-24(35)20(4)17-22)34(21(5)13-12-19(2)3)28(38)23(18-25(31)36)33-29(39)40-30(6,7)8/h14-15,17,19,21,23,26,35H,9-13,16,18H2,1-8H3,(H2,31,36)(H,32,37)(H,33,39). The normalized spacial score (nSPS) is 13.7. The van der Waals surface area contributed by atoms with Gasteiger partial charge < -0.3 is 31.1 Å². The SMILES string of the molecule is CCCCCNC(=O)C(c1ccc(O)c(C)c1)N(C(=O)C(CC(N)=O)NC(=O)OC(C)(C)C)C(C)CCC(C)C. The number of phenols is 1. The summed E-state index contributed by atoms with van der Waals surface area (Å²) in [6.07, 6.45) is 2.73. The molecule has 0 bridgehead atoms. The van der Waals surface area contributed by atoms with Crippen LogP contribution in [0.1, 0.15) is 104 Å². The lowest BCUT2D eigenvalue weighted by atomic mass is 9.95. The molecule has 0 saturated carbocycles. The lowest BCUT2D eigenvalue weighted by molar-refractivity contribution is -0.146. The number of unbranched alkanes of at least 4 members (excludes halogenated alkanes) is 2. The van der Waals surface area contributed by atoms with Gasteiger partial charge in [0.1, 0.15) is 23.4 Å². The number of rotatable bonds is 15. The molecule has 3 unspecified atom stereocenters. The first kappa shape index (κ1) is 34.7. The van der Waals surface area contributed by atoms with Gasteiger partial charge in [-0.3, -0.25) is 14.4 Å². The molecular weight excluding hydrogens is 512 g/mol. The van der Waals surface area contributed by atoms with Crippen molar-refractivity contribution in [2.24, 2.45) is 11.7 Å². The summed E-state index contributed by atoms with van der Waals surface area (Å²) in [6, 6.07) is 1.91. The molecule has 5 N–H and O–H groups in total. The van der Waals surface area contributed by atoms with Crippen molar-refractivity contribution < 1.29 is 29.0 Å². The van der Waals surface area contributed by atoms with Crippen LogP contribution in [-0.4, -0.2) is 58.1 Å². The average molecular weight is 563 g/mol. The highest BCUT2D eigenvalue weighted by molar-refractivity contribution is 5.94. The van der Waals surface area contributed by atoms with Crippen LogP contribution in [0.25, 0.3) is 0 Å². The zero-order valence-electron chi connectivity index (χ0n) is 25.5. The fourth-order valence-corrected chi connectivity index (χ4v) is 4.31. The van der Waals surface area contributed by atoms with E-state index in [1.165, 1.54) is 11.0 Å². The number of nitrogens with two attached hydrogens (primary N) is 1. The number of aryl methyl sites for hydroxylation is 1. The van der Waals surface area contributed by atoms with E-state index in [0.29, 0.717) is 30.0 Å². The van der Waals surface area contributed by atoms with Crippen LogP contribution < -0.4 is 16.4 Å². The molecule has 1 rings (SSSR count). The summed E-state index contributed by atoms with van der Waals surface area (Å²) in [5.74, 6) is -1.39. The van der Waals surface area contributed by atoms with Crippen LogP contribution >= 0.6 is 0 Å². The maximum absolute atomic E-state index is 14.2. The second kappa shape index (κ2) is 16.1. The van der Waals surface area contributed by atoms with Crippen LogP contribution in [0.2, 0.25) is 0 Å². The number of carbonyl (C=O) groups excluding carboxylic acids is 4. The second-order valence-corrected chi connectivity index (χ2v) is 11.9. The lowest BCUT2D eigenvalue weighted by Crippen LogP contribution is -2.56. The third-order valence-electron chi connectivity index (χ3n) is 6.43. The first-order valence-corrected chi connectivity index (χ1v) is 14.2. The van der Waals surface area contributed by atoms with Gasteiger partial charge in [0.05, 0.1) is 6.42 Å². The number of ether oxygens (including phenoxy) is 1. The fourth-order valence-electron chi connectivity index (χ4n) is 4.31. The summed E-state index contributed by atoms with van der Waals surface area (Å²) >= 11 is 0. The molecule has 0 fully saturated rings. The van der Waals surface area contributed by atoms with Gasteiger partial charge in [0.25, 0.3) is 0 Å². The Hall–Kier alpha value is -3.30. The minimum Gasteiger partial charge on any atom is -0.508 e. The molecule has 10 heteroatoms. The summed E-state index contributed by atoms with van der Waals surface area (Å²) in [4.78, 5) is 54.1. The Morgan fingerprint density at radius 1 is 1.07 bits per heavy atom. The lowest BCUT2D eigenvalue weighted by Gasteiger charge is -2.38. The van der Waals surface area contributed by atoms with E-state index in [-0.39, 0.29) is 11.7 Å². The highest BCUT2D eigenvalue weighted by Crippen LogP contribution is 2.30. The van der Waals surface area contributed by atoms with E-state index < -0.39 is 48.1 Å². The number of nitrogens with one attached hydrogen (secondary N) is 2. The number of primary amides is 1. The van der Waals surface area contributed by atoms with E-state index in [2.05, 4.69) is 31.4 Å². The number of phenolic OH excluding ortho intramolecular Hbond substituents is 1. The van der Waals surface area contributed by atoms with E-state index >= 15 is 0 Å². The number of aromatic hydroxyl groups is 1. The van der Waals surface area contributed by atoms with Gasteiger partial charge in [-0.2, -0.15) is 0 Å². The van der Waals surface area contributed by atoms with Crippen molar-refractivity contribution >= 4 is 23.8 Å². The maximum atomic E-state index is 14.2. The topological polar surface area (TPSA) is 151 Å². The molecule has 3 atom stereocenters. The van der Waals surface area contributed by atoms with Gasteiger partial charge in [-0.25, -0.2) is 4.79 Å². The van der Waals surface area contributed by atoms with Crippen molar-refractivity contribution in [3.8, 4) is 5.75 Å². The molecule has 0 spiro atoms. The molecule has 0 aliphatic carbocycles.